The van der Waals surface area contributed by atoms with Crippen LogP contribution in [0.15, 0.2) is 29.4 Å². The third kappa shape index (κ3) is 2.00. The molecule has 0 atom stereocenters. The van der Waals surface area contributed by atoms with Crippen molar-refractivity contribution in [3.05, 3.63) is 30.1 Å². The number of imidazole rings is 1. The fourth-order valence-corrected chi connectivity index (χ4v) is 1.32. The van der Waals surface area contributed by atoms with Gasteiger partial charge in [0.05, 0.1) is 11.0 Å². The number of nitrogens with one attached hydrogen (secondary N) is 2. The number of benzene rings is 1. The van der Waals surface area contributed by atoms with Crippen molar-refractivity contribution in [2.45, 2.75) is 6.92 Å². The number of fused-ring (bicyclic) bond motifs is 1. The number of hydrogen-bond donors (Lipinski definition) is 3. The van der Waals surface area contributed by atoms with Crippen molar-refractivity contribution in [2.24, 2.45) is 10.8 Å². The predicted molar refractivity (Wildman–Crippen MR) is 61.0 cm³/mol. The van der Waals surface area contributed by atoms with Crippen LogP contribution in [0.25, 0.3) is 11.0 Å². The van der Waals surface area contributed by atoms with Crippen molar-refractivity contribution in [3.8, 4) is 0 Å². The van der Waals surface area contributed by atoms with Crippen LogP contribution in [0.4, 0.5) is 4.79 Å². The van der Waals surface area contributed by atoms with Gasteiger partial charge in [-0.1, -0.05) is 12.1 Å². The van der Waals surface area contributed by atoms with E-state index in [4.69, 9.17) is 5.73 Å². The van der Waals surface area contributed by atoms with Crippen molar-refractivity contribution in [3.63, 3.8) is 0 Å². The largest absolute Gasteiger partial charge is 0.350 e. The minimum Gasteiger partial charge on any atom is -0.350 e. The van der Waals surface area contributed by atoms with Gasteiger partial charge in [0.25, 0.3) is 0 Å². The van der Waals surface area contributed by atoms with E-state index in [2.05, 4.69) is 20.5 Å². The number of primary amides is 1. The first-order chi connectivity index (χ1) is 7.66. The Labute approximate surface area is 91.6 Å². The number of carbonyl (C=O) groups is 1. The summed E-state index contributed by atoms with van der Waals surface area (Å²) in [6.45, 7) is 1.73. The number of hydrogen-bond acceptors (Lipinski definition) is 3. The number of urea groups is 1. The average molecular weight is 217 g/mol. The second kappa shape index (κ2) is 4.01. The van der Waals surface area contributed by atoms with E-state index in [1.807, 2.05) is 24.3 Å². The summed E-state index contributed by atoms with van der Waals surface area (Å²) in [4.78, 5) is 17.9. The van der Waals surface area contributed by atoms with E-state index in [-0.39, 0.29) is 0 Å². The zero-order valence-electron chi connectivity index (χ0n) is 8.69. The Morgan fingerprint density at radius 2 is 2.25 bits per heavy atom. The molecule has 6 nitrogen and oxygen atoms in total. The van der Waals surface area contributed by atoms with Crippen molar-refractivity contribution >= 4 is 22.8 Å². The second-order valence-corrected chi connectivity index (χ2v) is 3.28. The maximum Gasteiger partial charge on any atom is 0.332 e. The predicted octanol–water partition coefficient (Wildman–Crippen LogP) is 0.955. The lowest BCUT2D eigenvalue weighted by Crippen LogP contribution is -2.25. The molecule has 82 valence electrons. The van der Waals surface area contributed by atoms with Gasteiger partial charge < -0.3 is 10.7 Å². The summed E-state index contributed by atoms with van der Waals surface area (Å²) in [5, 5.41) is 3.79. The van der Waals surface area contributed by atoms with Gasteiger partial charge in [0.15, 0.2) is 5.82 Å². The SMILES string of the molecule is C/C(=N/NC(N)=O)c1nc2ccccc2[nH]1. The quantitative estimate of drug-likeness (QED) is 0.516. The Bertz CT molecular complexity index is 524. The third-order valence-corrected chi connectivity index (χ3v) is 2.07. The molecule has 0 spiro atoms. The monoisotopic (exact) mass is 217 g/mol. The molecule has 0 aliphatic heterocycles. The van der Waals surface area contributed by atoms with E-state index in [9.17, 15) is 4.79 Å². The van der Waals surface area contributed by atoms with Crippen LogP contribution in [0.1, 0.15) is 12.7 Å². The van der Waals surface area contributed by atoms with E-state index in [0.29, 0.717) is 11.5 Å². The minimum atomic E-state index is -0.699. The molecule has 6 heteroatoms. The van der Waals surface area contributed by atoms with Crippen molar-refractivity contribution in [2.75, 3.05) is 0 Å². The summed E-state index contributed by atoms with van der Waals surface area (Å²) in [7, 11) is 0. The number of nitrogens with zero attached hydrogens (tertiary/aromatic N) is 2. The first-order valence-corrected chi connectivity index (χ1v) is 4.71. The second-order valence-electron chi connectivity index (χ2n) is 3.28. The van der Waals surface area contributed by atoms with Crippen LogP contribution >= 0.6 is 0 Å². The zero-order chi connectivity index (χ0) is 11.5. The van der Waals surface area contributed by atoms with Gasteiger partial charge in [-0.15, -0.1) is 0 Å². The molecular formula is C10H11N5O. The Morgan fingerprint density at radius 3 is 2.94 bits per heavy atom. The summed E-state index contributed by atoms with van der Waals surface area (Å²) in [6, 6.07) is 6.93. The van der Waals surface area contributed by atoms with E-state index in [0.717, 1.165) is 11.0 Å². The molecule has 2 amide bonds. The number of aromatic nitrogens is 2. The number of amides is 2. The summed E-state index contributed by atoms with van der Waals surface area (Å²) >= 11 is 0. The molecular weight excluding hydrogens is 206 g/mol. The Kier molecular flexibility index (Phi) is 2.55. The zero-order valence-corrected chi connectivity index (χ0v) is 8.69. The van der Waals surface area contributed by atoms with Gasteiger partial charge in [0.2, 0.25) is 0 Å². The highest BCUT2D eigenvalue weighted by Crippen LogP contribution is 2.10. The van der Waals surface area contributed by atoms with E-state index in [1.54, 1.807) is 6.92 Å². The summed E-state index contributed by atoms with van der Waals surface area (Å²) in [5.74, 6) is 0.606. The summed E-state index contributed by atoms with van der Waals surface area (Å²) in [5.41, 5.74) is 9.40. The molecule has 0 bridgehead atoms. The highest BCUT2D eigenvalue weighted by Gasteiger charge is 2.04. The molecule has 0 aliphatic carbocycles. The normalized spacial score (nSPS) is 11.7. The fraction of sp³-hybridized carbons (Fsp3) is 0.100. The van der Waals surface area contributed by atoms with E-state index < -0.39 is 6.03 Å². The molecule has 2 rings (SSSR count). The number of para-hydroxylation sites is 2. The number of hydrazone groups is 1. The van der Waals surface area contributed by atoms with Gasteiger partial charge in [0, 0.05) is 0 Å². The molecule has 0 saturated carbocycles. The molecule has 1 aromatic carbocycles. The molecule has 0 unspecified atom stereocenters. The molecule has 0 fully saturated rings. The Morgan fingerprint density at radius 1 is 1.50 bits per heavy atom. The van der Waals surface area contributed by atoms with Crippen LogP contribution in [0, 0.1) is 0 Å². The molecule has 1 heterocycles. The van der Waals surface area contributed by atoms with Crippen LogP contribution in [-0.4, -0.2) is 21.7 Å². The van der Waals surface area contributed by atoms with Crippen LogP contribution in [0.5, 0.6) is 0 Å². The smallest absolute Gasteiger partial charge is 0.332 e. The third-order valence-electron chi connectivity index (χ3n) is 2.07. The van der Waals surface area contributed by atoms with Crippen molar-refractivity contribution < 1.29 is 4.79 Å². The lowest BCUT2D eigenvalue weighted by Gasteiger charge is -1.95. The number of nitrogens with two attached hydrogens (primary N) is 1. The van der Waals surface area contributed by atoms with Gasteiger partial charge in [0.1, 0.15) is 5.71 Å². The number of carbonyl (C=O) groups excluding carboxylic acids is 1. The molecule has 2 aromatic rings. The topological polar surface area (TPSA) is 96.2 Å². The number of rotatable bonds is 2. The van der Waals surface area contributed by atoms with Crippen LogP contribution < -0.4 is 11.2 Å². The van der Waals surface area contributed by atoms with Gasteiger partial charge in [-0.25, -0.2) is 15.2 Å². The Balaban J connectivity index is 2.33. The lowest BCUT2D eigenvalue weighted by atomic mass is 10.3. The lowest BCUT2D eigenvalue weighted by molar-refractivity contribution is 0.249. The van der Waals surface area contributed by atoms with E-state index in [1.165, 1.54) is 0 Å². The van der Waals surface area contributed by atoms with Crippen molar-refractivity contribution in [1.82, 2.24) is 15.4 Å². The Hall–Kier alpha value is -2.37. The number of H-pyrrole nitrogens is 1. The van der Waals surface area contributed by atoms with Crippen LogP contribution in [-0.2, 0) is 0 Å². The van der Waals surface area contributed by atoms with E-state index >= 15 is 0 Å². The average Bonchev–Trinajstić information content (AvgIpc) is 2.69. The summed E-state index contributed by atoms with van der Waals surface area (Å²) in [6.07, 6.45) is 0. The highest BCUT2D eigenvalue weighted by atomic mass is 16.2. The maximum atomic E-state index is 10.5. The van der Waals surface area contributed by atoms with Gasteiger partial charge >= 0.3 is 6.03 Å². The molecule has 0 radical (unpaired) electrons. The first kappa shape index (κ1) is 10.2. The maximum absolute atomic E-state index is 10.5. The molecule has 16 heavy (non-hydrogen) atoms. The first-order valence-electron chi connectivity index (χ1n) is 4.71. The summed E-state index contributed by atoms with van der Waals surface area (Å²) < 4.78 is 0. The van der Waals surface area contributed by atoms with Crippen LogP contribution in [0.3, 0.4) is 0 Å². The minimum absolute atomic E-state index is 0.565. The van der Waals surface area contributed by atoms with Gasteiger partial charge in [-0.2, -0.15) is 5.10 Å². The van der Waals surface area contributed by atoms with Crippen molar-refractivity contribution in [1.29, 1.82) is 0 Å². The van der Waals surface area contributed by atoms with Gasteiger partial charge in [-0.05, 0) is 19.1 Å². The standard InChI is InChI=1S/C10H11N5O/c1-6(14-15-10(11)16)9-12-7-4-2-3-5-8(7)13-9/h2-5H,1H3,(H,12,13)(H3,11,15,16)/b14-6-. The molecule has 1 aromatic heterocycles. The number of aromatic amines is 1. The molecule has 0 aliphatic rings. The van der Waals surface area contributed by atoms with Crippen LogP contribution in [0.2, 0.25) is 0 Å². The van der Waals surface area contributed by atoms with Gasteiger partial charge in [-0.3, -0.25) is 0 Å². The molecule has 4 N–H and O–H groups in total. The fourth-order valence-electron chi connectivity index (χ4n) is 1.32. The molecule has 0 saturated heterocycles. The highest BCUT2D eigenvalue weighted by molar-refractivity contribution is 5.98.